The Bertz CT molecular complexity index is 657. The normalized spacial score (nSPS) is 20.2. The zero-order valence-electron chi connectivity index (χ0n) is 13.6. The summed E-state index contributed by atoms with van der Waals surface area (Å²) >= 11 is 0. The summed E-state index contributed by atoms with van der Waals surface area (Å²) in [6.45, 7) is 2.33. The fourth-order valence-corrected chi connectivity index (χ4v) is 2.75. The summed E-state index contributed by atoms with van der Waals surface area (Å²) < 4.78 is 5.43. The van der Waals surface area contributed by atoms with E-state index in [1.165, 1.54) is 4.90 Å². The minimum absolute atomic E-state index is 0.0619. The number of amides is 3. The first kappa shape index (κ1) is 16.3. The van der Waals surface area contributed by atoms with Crippen molar-refractivity contribution in [3.63, 3.8) is 0 Å². The van der Waals surface area contributed by atoms with Crippen molar-refractivity contribution < 1.29 is 19.1 Å². The molecule has 0 aromatic heterocycles. The Morgan fingerprint density at radius 2 is 2.12 bits per heavy atom. The Morgan fingerprint density at radius 3 is 2.83 bits per heavy atom. The summed E-state index contributed by atoms with van der Waals surface area (Å²) in [4.78, 5) is 37.1. The number of carbonyl (C=O) groups excluding carboxylic acids is 3. The molecule has 128 valence electrons. The number of hydrogen-bond donors (Lipinski definition) is 2. The summed E-state index contributed by atoms with van der Waals surface area (Å²) in [5, 5.41) is 5.75. The Labute approximate surface area is 140 Å². The molecule has 1 heterocycles. The fraction of sp³-hybridized carbons (Fsp3) is 0.471. The van der Waals surface area contributed by atoms with E-state index in [9.17, 15) is 14.4 Å². The van der Waals surface area contributed by atoms with Crippen LogP contribution in [0.5, 0.6) is 5.75 Å². The van der Waals surface area contributed by atoms with Crippen molar-refractivity contribution >= 4 is 23.4 Å². The average Bonchev–Trinajstić information content (AvgIpc) is 3.34. The van der Waals surface area contributed by atoms with Gasteiger partial charge in [0.15, 0.2) is 6.61 Å². The first-order valence-electron chi connectivity index (χ1n) is 8.20. The van der Waals surface area contributed by atoms with Gasteiger partial charge >= 0.3 is 0 Å². The molecular formula is C17H21N3O4. The second-order valence-corrected chi connectivity index (χ2v) is 6.00. The van der Waals surface area contributed by atoms with Gasteiger partial charge in [-0.15, -0.1) is 0 Å². The zero-order valence-corrected chi connectivity index (χ0v) is 13.6. The molecular weight excluding hydrogens is 310 g/mol. The molecule has 3 amide bonds. The van der Waals surface area contributed by atoms with Crippen LogP contribution in [0.4, 0.5) is 5.69 Å². The lowest BCUT2D eigenvalue weighted by molar-refractivity contribution is -0.139. The molecule has 0 bridgehead atoms. The van der Waals surface area contributed by atoms with Gasteiger partial charge in [0.05, 0.1) is 6.42 Å². The topological polar surface area (TPSA) is 87.7 Å². The van der Waals surface area contributed by atoms with E-state index in [0.717, 1.165) is 12.8 Å². The van der Waals surface area contributed by atoms with E-state index in [2.05, 4.69) is 10.6 Å². The number of anilines is 1. The number of likely N-dealkylation sites (N-methyl/N-ethyl adjacent to an activating group) is 1. The number of rotatable bonds is 7. The van der Waals surface area contributed by atoms with Gasteiger partial charge in [-0.2, -0.15) is 0 Å². The third kappa shape index (κ3) is 3.67. The third-order valence-electron chi connectivity index (χ3n) is 4.01. The molecule has 24 heavy (non-hydrogen) atoms. The molecule has 0 spiro atoms. The lowest BCUT2D eigenvalue weighted by Gasteiger charge is -2.15. The van der Waals surface area contributed by atoms with E-state index in [4.69, 9.17) is 4.74 Å². The van der Waals surface area contributed by atoms with Crippen molar-refractivity contribution in [3.05, 3.63) is 24.3 Å². The molecule has 1 aliphatic heterocycles. The van der Waals surface area contributed by atoms with Crippen LogP contribution in [0.1, 0.15) is 26.2 Å². The highest BCUT2D eigenvalue weighted by molar-refractivity contribution is 6.07. The Kier molecular flexibility index (Phi) is 4.69. The van der Waals surface area contributed by atoms with Crippen LogP contribution in [0, 0.1) is 0 Å². The summed E-state index contributed by atoms with van der Waals surface area (Å²) in [5.74, 6) is 0.0781. The highest BCUT2D eigenvalue weighted by Crippen LogP contribution is 2.32. The molecule has 7 heteroatoms. The number of hydrogen-bond acceptors (Lipinski definition) is 5. The van der Waals surface area contributed by atoms with Gasteiger partial charge in [-0.1, -0.05) is 6.07 Å². The van der Waals surface area contributed by atoms with E-state index in [0.29, 0.717) is 18.0 Å². The maximum absolute atomic E-state index is 12.3. The molecule has 2 aliphatic rings. The zero-order chi connectivity index (χ0) is 17.1. The Balaban J connectivity index is 1.59. The van der Waals surface area contributed by atoms with Crippen LogP contribution in [-0.4, -0.2) is 47.9 Å². The number of nitrogens with zero attached hydrogens (tertiary/aromatic N) is 1. The van der Waals surface area contributed by atoms with Crippen LogP contribution in [0.25, 0.3) is 0 Å². The Hall–Kier alpha value is -2.57. The maximum Gasteiger partial charge on any atom is 0.257 e. The smallest absolute Gasteiger partial charge is 0.257 e. The first-order chi connectivity index (χ1) is 11.6. The molecule has 2 fully saturated rings. The molecule has 1 aromatic rings. The number of imide groups is 1. The van der Waals surface area contributed by atoms with Crippen LogP contribution in [-0.2, 0) is 14.4 Å². The van der Waals surface area contributed by atoms with Crippen molar-refractivity contribution in [2.75, 3.05) is 18.5 Å². The van der Waals surface area contributed by atoms with Gasteiger partial charge in [0.25, 0.3) is 11.8 Å². The van der Waals surface area contributed by atoms with Gasteiger partial charge < -0.3 is 15.4 Å². The largest absolute Gasteiger partial charge is 0.484 e. The molecule has 1 atom stereocenters. The first-order valence-corrected chi connectivity index (χ1v) is 8.20. The van der Waals surface area contributed by atoms with Crippen molar-refractivity contribution in [1.82, 2.24) is 10.2 Å². The van der Waals surface area contributed by atoms with Crippen LogP contribution in [0.15, 0.2) is 24.3 Å². The second kappa shape index (κ2) is 6.90. The highest BCUT2D eigenvalue weighted by Gasteiger charge is 2.46. The van der Waals surface area contributed by atoms with Gasteiger partial charge in [-0.25, -0.2) is 0 Å². The van der Waals surface area contributed by atoms with E-state index >= 15 is 0 Å². The maximum atomic E-state index is 12.3. The highest BCUT2D eigenvalue weighted by atomic mass is 16.5. The minimum atomic E-state index is -0.531. The average molecular weight is 331 g/mol. The monoisotopic (exact) mass is 331 g/mol. The van der Waals surface area contributed by atoms with E-state index in [1.54, 1.807) is 24.3 Å². The summed E-state index contributed by atoms with van der Waals surface area (Å²) in [5.41, 5.74) is 0.687. The molecule has 0 radical (unpaired) electrons. The lowest BCUT2D eigenvalue weighted by atomic mass is 10.2. The molecule has 3 rings (SSSR count). The second-order valence-electron chi connectivity index (χ2n) is 6.00. The Morgan fingerprint density at radius 1 is 1.33 bits per heavy atom. The molecule has 1 aliphatic carbocycles. The lowest BCUT2D eigenvalue weighted by Crippen LogP contribution is -2.36. The molecule has 7 nitrogen and oxygen atoms in total. The van der Waals surface area contributed by atoms with Crippen LogP contribution in [0.3, 0.4) is 0 Å². The molecule has 0 unspecified atom stereocenters. The van der Waals surface area contributed by atoms with Crippen molar-refractivity contribution in [2.45, 2.75) is 38.3 Å². The van der Waals surface area contributed by atoms with Gasteiger partial charge in [-0.3, -0.25) is 19.3 Å². The number of ether oxygens (including phenoxy) is 1. The molecule has 2 N–H and O–H groups in total. The summed E-state index contributed by atoms with van der Waals surface area (Å²) in [6, 6.07) is 6.60. The standard InChI is InChI=1S/C17H21N3O4/c1-2-18-15(21)10-24-13-5-3-4-11(8-13)19-14-9-16(22)20(17(14)23)12-6-7-12/h3-5,8,12,14,19H,2,6-7,9-10H2,1H3,(H,18,21)/t14-/m0/s1. The van der Waals surface area contributed by atoms with E-state index in [1.807, 2.05) is 6.92 Å². The molecule has 1 saturated heterocycles. The van der Waals surface area contributed by atoms with Crippen LogP contribution in [0.2, 0.25) is 0 Å². The van der Waals surface area contributed by atoms with E-state index in [-0.39, 0.29) is 36.8 Å². The quantitative estimate of drug-likeness (QED) is 0.725. The SMILES string of the molecule is CCNC(=O)COc1cccc(N[C@H]2CC(=O)N(C3CC3)C2=O)c1. The molecule has 1 saturated carbocycles. The van der Waals surface area contributed by atoms with Gasteiger partial charge in [0.1, 0.15) is 11.8 Å². The number of carbonyl (C=O) groups is 3. The predicted molar refractivity (Wildman–Crippen MR) is 87.5 cm³/mol. The van der Waals surface area contributed by atoms with Crippen LogP contribution < -0.4 is 15.4 Å². The van der Waals surface area contributed by atoms with Crippen molar-refractivity contribution in [1.29, 1.82) is 0 Å². The van der Waals surface area contributed by atoms with E-state index < -0.39 is 6.04 Å². The fourth-order valence-electron chi connectivity index (χ4n) is 2.75. The van der Waals surface area contributed by atoms with Gasteiger partial charge in [0, 0.05) is 24.3 Å². The number of benzene rings is 1. The van der Waals surface area contributed by atoms with Crippen LogP contribution >= 0.6 is 0 Å². The van der Waals surface area contributed by atoms with Crippen molar-refractivity contribution in [3.8, 4) is 5.75 Å². The van der Waals surface area contributed by atoms with Gasteiger partial charge in [-0.05, 0) is 31.9 Å². The minimum Gasteiger partial charge on any atom is -0.484 e. The third-order valence-corrected chi connectivity index (χ3v) is 4.01. The molecule has 1 aromatic carbocycles. The summed E-state index contributed by atoms with van der Waals surface area (Å²) in [7, 11) is 0. The number of likely N-dealkylation sites (tertiary alicyclic amines) is 1. The predicted octanol–water partition coefficient (Wildman–Crippen LogP) is 0.903. The van der Waals surface area contributed by atoms with Gasteiger partial charge in [0.2, 0.25) is 5.91 Å². The van der Waals surface area contributed by atoms with Crippen molar-refractivity contribution in [2.24, 2.45) is 0 Å². The summed E-state index contributed by atoms with van der Waals surface area (Å²) in [6.07, 6.45) is 2.00. The number of nitrogens with one attached hydrogen (secondary N) is 2.